The van der Waals surface area contributed by atoms with Crippen LogP contribution >= 0.6 is 27.7 Å². The molecule has 0 fully saturated rings. The zero-order valence-electron chi connectivity index (χ0n) is 9.30. The molecule has 0 spiro atoms. The summed E-state index contributed by atoms with van der Waals surface area (Å²) in [6, 6.07) is 5.66. The number of rotatable bonds is 3. The van der Waals surface area contributed by atoms with Gasteiger partial charge in [-0.15, -0.1) is 11.8 Å². The Morgan fingerprint density at radius 2 is 1.72 bits per heavy atom. The van der Waals surface area contributed by atoms with Crippen molar-refractivity contribution in [3.8, 4) is 0 Å². The number of benzene rings is 1. The SMILES string of the molecule is Nc1nc(N)nc(CSc2cc(Br)ccc2N)n1. The van der Waals surface area contributed by atoms with E-state index in [-0.39, 0.29) is 11.9 Å². The summed E-state index contributed by atoms with van der Waals surface area (Å²) < 4.78 is 0.967. The Labute approximate surface area is 117 Å². The summed E-state index contributed by atoms with van der Waals surface area (Å²) in [4.78, 5) is 12.7. The van der Waals surface area contributed by atoms with Crippen LogP contribution in [0.5, 0.6) is 0 Å². The van der Waals surface area contributed by atoms with Crippen LogP contribution in [-0.2, 0) is 5.75 Å². The van der Waals surface area contributed by atoms with Crippen molar-refractivity contribution in [3.05, 3.63) is 28.5 Å². The monoisotopic (exact) mass is 326 g/mol. The summed E-state index contributed by atoms with van der Waals surface area (Å²) >= 11 is 4.91. The molecule has 0 aliphatic rings. The molecule has 0 unspecified atom stereocenters. The standard InChI is InChI=1S/C10H11BrN6S/c11-5-1-2-6(12)7(3-5)18-4-8-15-9(13)17-10(14)16-8/h1-3H,4,12H2,(H4,13,14,15,16,17). The van der Waals surface area contributed by atoms with Gasteiger partial charge in [-0.3, -0.25) is 0 Å². The summed E-state index contributed by atoms with van der Waals surface area (Å²) in [5.41, 5.74) is 17.6. The lowest BCUT2D eigenvalue weighted by Gasteiger charge is -2.06. The zero-order valence-corrected chi connectivity index (χ0v) is 11.7. The predicted molar refractivity (Wildman–Crippen MR) is 76.8 cm³/mol. The summed E-state index contributed by atoms with van der Waals surface area (Å²) in [5.74, 6) is 1.31. The van der Waals surface area contributed by atoms with E-state index in [0.717, 1.165) is 9.37 Å². The summed E-state index contributed by atoms with van der Waals surface area (Å²) in [7, 11) is 0. The van der Waals surface area contributed by atoms with Crippen molar-refractivity contribution in [1.82, 2.24) is 15.0 Å². The van der Waals surface area contributed by atoms with Crippen molar-refractivity contribution in [2.24, 2.45) is 0 Å². The lowest BCUT2D eigenvalue weighted by atomic mass is 10.3. The minimum absolute atomic E-state index is 0.125. The van der Waals surface area contributed by atoms with E-state index in [1.54, 1.807) is 0 Å². The van der Waals surface area contributed by atoms with Crippen molar-refractivity contribution in [2.75, 3.05) is 17.2 Å². The Hall–Kier alpha value is -1.54. The highest BCUT2D eigenvalue weighted by Crippen LogP contribution is 2.30. The largest absolute Gasteiger partial charge is 0.398 e. The first-order valence-corrected chi connectivity index (χ1v) is 6.76. The molecule has 18 heavy (non-hydrogen) atoms. The minimum atomic E-state index is 0.125. The molecule has 1 aromatic carbocycles. The number of halogens is 1. The number of nitrogens with two attached hydrogens (primary N) is 3. The van der Waals surface area contributed by atoms with E-state index >= 15 is 0 Å². The number of aromatic nitrogens is 3. The van der Waals surface area contributed by atoms with Gasteiger partial charge in [-0.25, -0.2) is 0 Å². The fourth-order valence-corrected chi connectivity index (χ4v) is 2.67. The normalized spacial score (nSPS) is 10.5. The highest BCUT2D eigenvalue weighted by molar-refractivity contribution is 9.10. The fourth-order valence-electron chi connectivity index (χ4n) is 1.30. The second-order valence-electron chi connectivity index (χ2n) is 3.44. The molecule has 94 valence electrons. The van der Waals surface area contributed by atoms with E-state index in [0.29, 0.717) is 17.3 Å². The fraction of sp³-hybridized carbons (Fsp3) is 0.100. The Morgan fingerprint density at radius 1 is 1.06 bits per heavy atom. The van der Waals surface area contributed by atoms with Crippen LogP contribution < -0.4 is 17.2 Å². The van der Waals surface area contributed by atoms with Crippen molar-refractivity contribution in [1.29, 1.82) is 0 Å². The highest BCUT2D eigenvalue weighted by Gasteiger charge is 2.05. The second kappa shape index (κ2) is 5.40. The van der Waals surface area contributed by atoms with Gasteiger partial charge in [-0.1, -0.05) is 15.9 Å². The smallest absolute Gasteiger partial charge is 0.225 e. The quantitative estimate of drug-likeness (QED) is 0.580. The van der Waals surface area contributed by atoms with Crippen molar-refractivity contribution >= 4 is 45.3 Å². The molecule has 1 aromatic heterocycles. The number of thioether (sulfide) groups is 1. The number of hydrogen-bond acceptors (Lipinski definition) is 7. The van der Waals surface area contributed by atoms with Gasteiger partial charge in [0, 0.05) is 15.1 Å². The first kappa shape index (κ1) is 12.9. The zero-order chi connectivity index (χ0) is 13.1. The average molecular weight is 327 g/mol. The van der Waals surface area contributed by atoms with E-state index in [4.69, 9.17) is 17.2 Å². The van der Waals surface area contributed by atoms with Crippen molar-refractivity contribution in [3.63, 3.8) is 0 Å². The Kier molecular flexibility index (Phi) is 3.87. The third-order valence-corrected chi connectivity index (χ3v) is 3.61. The Bertz CT molecular complexity index is 556. The molecule has 0 aliphatic carbocycles. The van der Waals surface area contributed by atoms with Gasteiger partial charge in [-0.05, 0) is 18.2 Å². The van der Waals surface area contributed by atoms with Gasteiger partial charge in [-0.2, -0.15) is 15.0 Å². The molecule has 0 radical (unpaired) electrons. The molecule has 1 heterocycles. The summed E-state index contributed by atoms with van der Waals surface area (Å²) in [5, 5.41) is 0. The Morgan fingerprint density at radius 3 is 2.39 bits per heavy atom. The van der Waals surface area contributed by atoms with Crippen molar-refractivity contribution < 1.29 is 0 Å². The van der Waals surface area contributed by atoms with Crippen LogP contribution in [0.3, 0.4) is 0 Å². The minimum Gasteiger partial charge on any atom is -0.398 e. The molecular formula is C10H11BrN6S. The van der Waals surface area contributed by atoms with E-state index in [1.807, 2.05) is 18.2 Å². The molecule has 0 atom stereocenters. The third kappa shape index (κ3) is 3.23. The topological polar surface area (TPSA) is 117 Å². The first-order chi connectivity index (χ1) is 8.54. The molecule has 2 rings (SSSR count). The van der Waals surface area contributed by atoms with E-state index in [2.05, 4.69) is 30.9 Å². The number of nitrogens with zero attached hydrogens (tertiary/aromatic N) is 3. The van der Waals surface area contributed by atoms with Crippen molar-refractivity contribution in [2.45, 2.75) is 10.6 Å². The molecule has 2 aromatic rings. The van der Waals surface area contributed by atoms with Gasteiger partial charge in [0.2, 0.25) is 11.9 Å². The maximum Gasteiger partial charge on any atom is 0.225 e. The molecule has 8 heteroatoms. The molecule has 0 aliphatic heterocycles. The summed E-state index contributed by atoms with van der Waals surface area (Å²) in [6.45, 7) is 0. The summed E-state index contributed by atoms with van der Waals surface area (Å²) in [6.07, 6.45) is 0. The van der Waals surface area contributed by atoms with E-state index in [9.17, 15) is 0 Å². The van der Waals surface area contributed by atoms with Gasteiger partial charge in [0.1, 0.15) is 5.82 Å². The molecule has 6 N–H and O–H groups in total. The van der Waals surface area contributed by atoms with Crippen LogP contribution in [0.25, 0.3) is 0 Å². The third-order valence-electron chi connectivity index (χ3n) is 2.05. The van der Waals surface area contributed by atoms with Gasteiger partial charge < -0.3 is 17.2 Å². The molecule has 0 bridgehead atoms. The van der Waals surface area contributed by atoms with Crippen LogP contribution in [0.15, 0.2) is 27.6 Å². The first-order valence-electron chi connectivity index (χ1n) is 4.98. The maximum absolute atomic E-state index is 5.87. The lowest BCUT2D eigenvalue weighted by Crippen LogP contribution is -2.06. The van der Waals surface area contributed by atoms with Crippen LogP contribution in [0.4, 0.5) is 17.6 Å². The highest BCUT2D eigenvalue weighted by atomic mass is 79.9. The maximum atomic E-state index is 5.87. The number of nitrogen functional groups attached to an aromatic ring is 3. The molecule has 0 saturated heterocycles. The number of anilines is 3. The van der Waals surface area contributed by atoms with Crippen LogP contribution in [0, 0.1) is 0 Å². The van der Waals surface area contributed by atoms with Gasteiger partial charge >= 0.3 is 0 Å². The second-order valence-corrected chi connectivity index (χ2v) is 5.37. The van der Waals surface area contributed by atoms with Crippen LogP contribution in [0.2, 0.25) is 0 Å². The Balaban J connectivity index is 2.13. The number of hydrogen-bond donors (Lipinski definition) is 3. The molecule has 6 nitrogen and oxygen atoms in total. The predicted octanol–water partition coefficient (Wildman–Crippen LogP) is 1.67. The molecular weight excluding hydrogens is 316 g/mol. The van der Waals surface area contributed by atoms with Gasteiger partial charge in [0.05, 0.1) is 5.75 Å². The van der Waals surface area contributed by atoms with Gasteiger partial charge in [0.25, 0.3) is 0 Å². The molecule has 0 saturated carbocycles. The average Bonchev–Trinajstić information content (AvgIpc) is 2.29. The molecule has 0 amide bonds. The van der Waals surface area contributed by atoms with E-state index in [1.165, 1.54) is 11.8 Å². The van der Waals surface area contributed by atoms with Crippen LogP contribution in [0.1, 0.15) is 5.82 Å². The van der Waals surface area contributed by atoms with Gasteiger partial charge in [0.15, 0.2) is 0 Å². The lowest BCUT2D eigenvalue weighted by molar-refractivity contribution is 0.988. The van der Waals surface area contributed by atoms with E-state index < -0.39 is 0 Å². The van der Waals surface area contributed by atoms with Crippen LogP contribution in [-0.4, -0.2) is 15.0 Å².